The smallest absolute Gasteiger partial charge is 0.0938 e. The van der Waals surface area contributed by atoms with Gasteiger partial charge >= 0.3 is 0 Å². The Kier molecular flexibility index (Phi) is 4.05. The molecule has 0 amide bonds. The highest BCUT2D eigenvalue weighted by molar-refractivity contribution is 6.43. The molecule has 0 saturated carbocycles. The van der Waals surface area contributed by atoms with Gasteiger partial charge < -0.3 is 5.73 Å². The number of hydrogen-bond donors (Lipinski definition) is 1. The fourth-order valence-electron chi connectivity index (χ4n) is 1.58. The van der Waals surface area contributed by atoms with Gasteiger partial charge in [-0.2, -0.15) is 5.10 Å². The maximum atomic E-state index is 6.14. The van der Waals surface area contributed by atoms with Crippen LogP contribution in [0.3, 0.4) is 0 Å². The molecule has 0 spiro atoms. The zero-order valence-electron chi connectivity index (χ0n) is 9.24. The Hall–Kier alpha value is -1.03. The van der Waals surface area contributed by atoms with Gasteiger partial charge in [0.1, 0.15) is 0 Å². The second-order valence-electron chi connectivity index (χ2n) is 3.71. The molecule has 0 radical (unpaired) electrons. The fraction of sp³-hybridized carbons (Fsp3) is 0.250. The minimum atomic E-state index is 0.540. The van der Waals surface area contributed by atoms with Crippen LogP contribution in [0.4, 0.5) is 0 Å². The molecule has 3 nitrogen and oxygen atoms in total. The molecule has 1 aromatic carbocycles. The molecule has 0 bridgehead atoms. The number of halogens is 2. The van der Waals surface area contributed by atoms with E-state index in [4.69, 9.17) is 28.9 Å². The Balaban J connectivity index is 2.27. The number of hydrogen-bond acceptors (Lipinski definition) is 2. The highest BCUT2D eigenvalue weighted by Crippen LogP contribution is 2.32. The third-order valence-corrected chi connectivity index (χ3v) is 3.28. The van der Waals surface area contributed by atoms with Crippen LogP contribution in [0.2, 0.25) is 10.0 Å². The number of nitrogens with two attached hydrogens (primary N) is 1. The predicted octanol–water partition coefficient (Wildman–Crippen LogP) is 3.21. The second-order valence-corrected chi connectivity index (χ2v) is 4.49. The van der Waals surface area contributed by atoms with Gasteiger partial charge in [0.2, 0.25) is 0 Å². The molecule has 0 aliphatic carbocycles. The summed E-state index contributed by atoms with van der Waals surface area (Å²) in [7, 11) is 0. The standard InChI is InChI=1S/C12H13Cl2N3/c13-10-4-1-3-9(12(10)14)11-5-8-17(16-11)7-2-6-15/h1,3-5,8H,2,6-7,15H2. The number of rotatable bonds is 4. The lowest BCUT2D eigenvalue weighted by molar-refractivity contribution is 0.586. The SMILES string of the molecule is NCCCn1ccc(-c2cccc(Cl)c2Cl)n1. The summed E-state index contributed by atoms with van der Waals surface area (Å²) in [4.78, 5) is 0. The van der Waals surface area contributed by atoms with Crippen LogP contribution >= 0.6 is 23.2 Å². The van der Waals surface area contributed by atoms with Gasteiger partial charge in [-0.15, -0.1) is 0 Å². The van der Waals surface area contributed by atoms with Crippen LogP contribution in [0.25, 0.3) is 11.3 Å². The molecule has 1 aromatic heterocycles. The summed E-state index contributed by atoms with van der Waals surface area (Å²) < 4.78 is 1.86. The first-order chi connectivity index (χ1) is 8.22. The minimum absolute atomic E-state index is 0.540. The molecule has 2 rings (SSSR count). The summed E-state index contributed by atoms with van der Waals surface area (Å²) in [5, 5.41) is 5.52. The quantitative estimate of drug-likeness (QED) is 0.927. The molecule has 2 N–H and O–H groups in total. The summed E-state index contributed by atoms with van der Waals surface area (Å²) >= 11 is 12.1. The third kappa shape index (κ3) is 2.80. The Morgan fingerprint density at radius 3 is 2.82 bits per heavy atom. The number of benzene rings is 1. The maximum Gasteiger partial charge on any atom is 0.0938 e. The minimum Gasteiger partial charge on any atom is -0.330 e. The van der Waals surface area contributed by atoms with Crippen LogP contribution in [0.1, 0.15) is 6.42 Å². The van der Waals surface area contributed by atoms with Crippen LogP contribution in [-0.2, 0) is 6.54 Å². The van der Waals surface area contributed by atoms with Crippen molar-refractivity contribution in [3.63, 3.8) is 0 Å². The Labute approximate surface area is 110 Å². The summed E-state index contributed by atoms with van der Waals surface area (Å²) in [6, 6.07) is 7.46. The molecule has 5 heteroatoms. The highest BCUT2D eigenvalue weighted by Gasteiger charge is 2.09. The van der Waals surface area contributed by atoms with Crippen LogP contribution in [0.15, 0.2) is 30.5 Å². The average Bonchev–Trinajstić information content (AvgIpc) is 2.78. The van der Waals surface area contributed by atoms with E-state index in [9.17, 15) is 0 Å². The van der Waals surface area contributed by atoms with E-state index >= 15 is 0 Å². The normalized spacial score (nSPS) is 10.8. The lowest BCUT2D eigenvalue weighted by atomic mass is 10.1. The lowest BCUT2D eigenvalue weighted by Crippen LogP contribution is -2.06. The van der Waals surface area contributed by atoms with Gasteiger partial charge in [0.05, 0.1) is 15.7 Å². The predicted molar refractivity (Wildman–Crippen MR) is 71.4 cm³/mol. The van der Waals surface area contributed by atoms with E-state index < -0.39 is 0 Å². The summed E-state index contributed by atoms with van der Waals surface area (Å²) in [5.74, 6) is 0. The van der Waals surface area contributed by atoms with Gasteiger partial charge in [-0.3, -0.25) is 4.68 Å². The van der Waals surface area contributed by atoms with Crippen molar-refractivity contribution in [2.24, 2.45) is 5.73 Å². The van der Waals surface area contributed by atoms with Gasteiger partial charge in [-0.25, -0.2) is 0 Å². The Morgan fingerprint density at radius 2 is 2.06 bits per heavy atom. The van der Waals surface area contributed by atoms with E-state index in [-0.39, 0.29) is 0 Å². The average molecular weight is 270 g/mol. The molecule has 0 saturated heterocycles. The molecule has 17 heavy (non-hydrogen) atoms. The third-order valence-electron chi connectivity index (χ3n) is 2.46. The first-order valence-corrected chi connectivity index (χ1v) is 6.16. The van der Waals surface area contributed by atoms with Gasteiger partial charge in [-0.05, 0) is 25.1 Å². The van der Waals surface area contributed by atoms with Crippen LogP contribution in [-0.4, -0.2) is 16.3 Å². The highest BCUT2D eigenvalue weighted by atomic mass is 35.5. The van der Waals surface area contributed by atoms with Gasteiger partial charge in [0.25, 0.3) is 0 Å². The molecule has 1 heterocycles. The van der Waals surface area contributed by atoms with Crippen molar-refractivity contribution in [1.82, 2.24) is 9.78 Å². The van der Waals surface area contributed by atoms with Crippen LogP contribution in [0.5, 0.6) is 0 Å². The van der Waals surface area contributed by atoms with Crippen molar-refractivity contribution in [3.05, 3.63) is 40.5 Å². The fourth-order valence-corrected chi connectivity index (χ4v) is 1.98. The summed E-state index contributed by atoms with van der Waals surface area (Å²) in [5.41, 5.74) is 7.14. The largest absolute Gasteiger partial charge is 0.330 e. The van der Waals surface area contributed by atoms with E-state index in [1.807, 2.05) is 29.1 Å². The van der Waals surface area contributed by atoms with Crippen molar-refractivity contribution in [2.45, 2.75) is 13.0 Å². The summed E-state index contributed by atoms with van der Waals surface area (Å²) in [6.45, 7) is 1.47. The molecule has 0 aliphatic rings. The first kappa shape index (κ1) is 12.4. The lowest BCUT2D eigenvalue weighted by Gasteiger charge is -2.02. The summed E-state index contributed by atoms with van der Waals surface area (Å²) in [6.07, 6.45) is 2.83. The Bertz CT molecular complexity index is 508. The van der Waals surface area contributed by atoms with Crippen LogP contribution < -0.4 is 5.73 Å². The number of nitrogens with zero attached hydrogens (tertiary/aromatic N) is 2. The van der Waals surface area contributed by atoms with Crippen LogP contribution in [0, 0.1) is 0 Å². The first-order valence-electron chi connectivity index (χ1n) is 5.40. The number of aryl methyl sites for hydroxylation is 1. The zero-order valence-corrected chi connectivity index (χ0v) is 10.7. The van der Waals surface area contributed by atoms with Crippen molar-refractivity contribution in [1.29, 1.82) is 0 Å². The van der Waals surface area contributed by atoms with Gasteiger partial charge in [0.15, 0.2) is 0 Å². The van der Waals surface area contributed by atoms with Crippen molar-refractivity contribution < 1.29 is 0 Å². The zero-order chi connectivity index (χ0) is 12.3. The van der Waals surface area contributed by atoms with Crippen molar-refractivity contribution in [3.8, 4) is 11.3 Å². The molecule has 0 unspecified atom stereocenters. The molecular formula is C12H13Cl2N3. The second kappa shape index (κ2) is 5.54. The molecule has 0 atom stereocenters. The molecule has 2 aromatic rings. The maximum absolute atomic E-state index is 6.14. The number of aromatic nitrogens is 2. The van der Waals surface area contributed by atoms with E-state index in [0.717, 1.165) is 24.2 Å². The topological polar surface area (TPSA) is 43.8 Å². The van der Waals surface area contributed by atoms with Gasteiger partial charge in [-0.1, -0.05) is 35.3 Å². The van der Waals surface area contributed by atoms with Gasteiger partial charge in [0, 0.05) is 18.3 Å². The van der Waals surface area contributed by atoms with E-state index in [1.54, 1.807) is 6.07 Å². The van der Waals surface area contributed by atoms with E-state index in [2.05, 4.69) is 5.10 Å². The van der Waals surface area contributed by atoms with Crippen molar-refractivity contribution >= 4 is 23.2 Å². The monoisotopic (exact) mass is 269 g/mol. The molecule has 0 fully saturated rings. The molecule has 0 aliphatic heterocycles. The van der Waals surface area contributed by atoms with Crippen molar-refractivity contribution in [2.75, 3.05) is 6.54 Å². The molecule has 90 valence electrons. The van der Waals surface area contributed by atoms with E-state index in [1.165, 1.54) is 0 Å². The van der Waals surface area contributed by atoms with E-state index in [0.29, 0.717) is 16.6 Å². The molecular weight excluding hydrogens is 257 g/mol. The Morgan fingerprint density at radius 1 is 1.24 bits per heavy atom.